The first-order chi connectivity index (χ1) is 14.3. The van der Waals surface area contributed by atoms with Gasteiger partial charge in [-0.25, -0.2) is 0 Å². The van der Waals surface area contributed by atoms with Crippen molar-refractivity contribution in [1.82, 2.24) is 0 Å². The summed E-state index contributed by atoms with van der Waals surface area (Å²) < 4.78 is 0. The van der Waals surface area contributed by atoms with Gasteiger partial charge in [-0.3, -0.25) is 0 Å². The highest BCUT2D eigenvalue weighted by atomic mass is 31.1. The van der Waals surface area contributed by atoms with Crippen molar-refractivity contribution in [3.63, 3.8) is 0 Å². The molecule has 1 fully saturated rings. The maximum atomic E-state index is 2.67. The number of benzene rings is 4. The third kappa shape index (κ3) is 3.45. The molecule has 0 aliphatic carbocycles. The SMILES string of the molecule is C[C@H]1CCCN1c1c(P(c2ccccc2)c2ccccc2)ccc2ccccc12. The van der Waals surface area contributed by atoms with Gasteiger partial charge >= 0.3 is 0 Å². The van der Waals surface area contributed by atoms with Gasteiger partial charge < -0.3 is 4.90 Å². The smallest absolute Gasteiger partial charge is 0.0533 e. The molecule has 1 aliphatic rings. The third-order valence-electron chi connectivity index (χ3n) is 5.99. The summed E-state index contributed by atoms with van der Waals surface area (Å²) in [5.74, 6) is 0. The quantitative estimate of drug-likeness (QED) is 0.407. The van der Waals surface area contributed by atoms with Gasteiger partial charge in [0.25, 0.3) is 0 Å². The number of nitrogens with zero attached hydrogens (tertiary/aromatic N) is 1. The van der Waals surface area contributed by atoms with E-state index in [4.69, 9.17) is 0 Å². The minimum Gasteiger partial charge on any atom is -0.368 e. The van der Waals surface area contributed by atoms with Crippen molar-refractivity contribution in [2.45, 2.75) is 25.8 Å². The molecule has 5 rings (SSSR count). The lowest BCUT2D eigenvalue weighted by Crippen LogP contribution is -2.33. The van der Waals surface area contributed by atoms with Gasteiger partial charge in [0.2, 0.25) is 0 Å². The van der Waals surface area contributed by atoms with E-state index in [1.54, 1.807) is 0 Å². The van der Waals surface area contributed by atoms with Gasteiger partial charge in [-0.05, 0) is 43.7 Å². The molecule has 0 aromatic heterocycles. The highest BCUT2D eigenvalue weighted by Crippen LogP contribution is 2.41. The Morgan fingerprint density at radius 2 is 1.34 bits per heavy atom. The zero-order valence-corrected chi connectivity index (χ0v) is 17.7. The van der Waals surface area contributed by atoms with Gasteiger partial charge in [-0.1, -0.05) is 97.1 Å². The lowest BCUT2D eigenvalue weighted by atomic mass is 10.1. The Labute approximate surface area is 174 Å². The number of fused-ring (bicyclic) bond motifs is 1. The van der Waals surface area contributed by atoms with Crippen molar-refractivity contribution in [3.05, 3.63) is 97.1 Å². The molecule has 2 heteroatoms. The van der Waals surface area contributed by atoms with E-state index in [0.29, 0.717) is 6.04 Å². The zero-order valence-electron chi connectivity index (χ0n) is 16.8. The molecule has 0 bridgehead atoms. The van der Waals surface area contributed by atoms with E-state index in [2.05, 4.69) is 109 Å². The number of rotatable bonds is 4. The summed E-state index contributed by atoms with van der Waals surface area (Å²) >= 11 is 0. The van der Waals surface area contributed by atoms with Crippen LogP contribution in [0, 0.1) is 0 Å². The van der Waals surface area contributed by atoms with Gasteiger partial charge in [0.15, 0.2) is 0 Å². The summed E-state index contributed by atoms with van der Waals surface area (Å²) in [7, 11) is -0.617. The lowest BCUT2D eigenvalue weighted by Gasteiger charge is -2.31. The molecule has 1 saturated heterocycles. The molecular weight excluding hydrogens is 369 g/mol. The highest BCUT2D eigenvalue weighted by Gasteiger charge is 2.28. The van der Waals surface area contributed by atoms with E-state index >= 15 is 0 Å². The van der Waals surface area contributed by atoms with E-state index in [1.807, 2.05) is 0 Å². The average molecular weight is 395 g/mol. The van der Waals surface area contributed by atoms with Crippen LogP contribution in [0.2, 0.25) is 0 Å². The van der Waals surface area contributed by atoms with Crippen molar-refractivity contribution in [1.29, 1.82) is 0 Å². The molecule has 1 nitrogen and oxygen atoms in total. The van der Waals surface area contributed by atoms with Crippen LogP contribution in [0.15, 0.2) is 97.1 Å². The first-order valence-corrected chi connectivity index (χ1v) is 11.9. The van der Waals surface area contributed by atoms with Crippen LogP contribution >= 0.6 is 7.92 Å². The summed E-state index contributed by atoms with van der Waals surface area (Å²) in [6.45, 7) is 3.53. The normalized spacial score (nSPS) is 16.6. The first-order valence-electron chi connectivity index (χ1n) is 10.5. The van der Waals surface area contributed by atoms with Crippen molar-refractivity contribution in [3.8, 4) is 0 Å². The second kappa shape index (κ2) is 8.01. The van der Waals surface area contributed by atoms with Crippen molar-refractivity contribution in [2.75, 3.05) is 11.4 Å². The van der Waals surface area contributed by atoms with Gasteiger partial charge in [0.05, 0.1) is 5.69 Å². The van der Waals surface area contributed by atoms with Gasteiger partial charge in [0.1, 0.15) is 0 Å². The van der Waals surface area contributed by atoms with Crippen LogP contribution in [0.3, 0.4) is 0 Å². The predicted molar refractivity (Wildman–Crippen MR) is 129 cm³/mol. The summed E-state index contributed by atoms with van der Waals surface area (Å²) in [4.78, 5) is 2.67. The van der Waals surface area contributed by atoms with Crippen LogP contribution in [0.5, 0.6) is 0 Å². The minimum atomic E-state index is -0.617. The van der Waals surface area contributed by atoms with Gasteiger partial charge in [0, 0.05) is 23.3 Å². The first kappa shape index (κ1) is 18.4. The Balaban J connectivity index is 1.79. The fourth-order valence-corrected chi connectivity index (χ4v) is 7.05. The standard InChI is InChI=1S/C27H26NP/c1-21-11-10-20-28(21)27-25-17-9-8-12-22(25)18-19-26(27)29(23-13-4-2-5-14-23)24-15-6-3-7-16-24/h2-9,12-19,21H,10-11,20H2,1H3/t21-/m0/s1. The van der Waals surface area contributed by atoms with E-state index in [-0.39, 0.29) is 0 Å². The fourth-order valence-electron chi connectivity index (χ4n) is 4.57. The second-order valence-corrected chi connectivity index (χ2v) is 10.0. The summed E-state index contributed by atoms with van der Waals surface area (Å²) in [5, 5.41) is 7.03. The number of hydrogen-bond donors (Lipinski definition) is 0. The topological polar surface area (TPSA) is 3.24 Å². The maximum Gasteiger partial charge on any atom is 0.0533 e. The van der Waals surface area contributed by atoms with Gasteiger partial charge in [-0.15, -0.1) is 0 Å². The molecule has 0 unspecified atom stereocenters. The Bertz CT molecular complexity index is 1070. The predicted octanol–water partition coefficient (Wildman–Crippen LogP) is 5.59. The van der Waals surface area contributed by atoms with Crippen molar-refractivity contribution < 1.29 is 0 Å². The van der Waals surface area contributed by atoms with Crippen LogP contribution in [0.25, 0.3) is 10.8 Å². The molecule has 1 atom stereocenters. The molecule has 0 N–H and O–H groups in total. The fraction of sp³-hybridized carbons (Fsp3) is 0.185. The second-order valence-electron chi connectivity index (χ2n) is 7.85. The molecule has 0 amide bonds. The summed E-state index contributed by atoms with van der Waals surface area (Å²) in [6, 6.07) is 36.3. The van der Waals surface area contributed by atoms with Gasteiger partial charge in [-0.2, -0.15) is 0 Å². The highest BCUT2D eigenvalue weighted by molar-refractivity contribution is 7.80. The van der Waals surface area contributed by atoms with Crippen LogP contribution < -0.4 is 20.8 Å². The van der Waals surface area contributed by atoms with Crippen molar-refractivity contribution in [2.24, 2.45) is 0 Å². The molecule has 29 heavy (non-hydrogen) atoms. The molecule has 0 saturated carbocycles. The molecule has 1 aliphatic heterocycles. The van der Waals surface area contributed by atoms with Crippen LogP contribution in [0.4, 0.5) is 5.69 Å². The third-order valence-corrected chi connectivity index (χ3v) is 8.46. The maximum absolute atomic E-state index is 2.67. The monoisotopic (exact) mass is 395 g/mol. The van der Waals surface area contributed by atoms with E-state index < -0.39 is 7.92 Å². The van der Waals surface area contributed by atoms with Crippen LogP contribution in [-0.2, 0) is 0 Å². The Morgan fingerprint density at radius 1 is 0.724 bits per heavy atom. The minimum absolute atomic E-state index is 0.586. The lowest BCUT2D eigenvalue weighted by molar-refractivity contribution is 0.738. The molecular formula is C27H26NP. The molecule has 1 heterocycles. The van der Waals surface area contributed by atoms with E-state index in [0.717, 1.165) is 6.54 Å². The zero-order chi connectivity index (χ0) is 19.6. The summed E-state index contributed by atoms with van der Waals surface area (Å²) in [6.07, 6.45) is 2.55. The Morgan fingerprint density at radius 3 is 1.97 bits per heavy atom. The van der Waals surface area contributed by atoms with E-state index in [9.17, 15) is 0 Å². The Kier molecular flexibility index (Phi) is 5.08. The number of anilines is 1. The largest absolute Gasteiger partial charge is 0.368 e. The van der Waals surface area contributed by atoms with Crippen molar-refractivity contribution >= 4 is 40.3 Å². The molecule has 4 aromatic carbocycles. The average Bonchev–Trinajstić information content (AvgIpc) is 3.20. The molecule has 4 aromatic rings. The molecule has 0 radical (unpaired) electrons. The summed E-state index contributed by atoms with van der Waals surface area (Å²) in [5.41, 5.74) is 1.45. The Hall–Kier alpha value is -2.63. The van der Waals surface area contributed by atoms with E-state index in [1.165, 1.54) is 45.2 Å². The molecule has 0 spiro atoms. The van der Waals surface area contributed by atoms with Crippen LogP contribution in [0.1, 0.15) is 19.8 Å². The van der Waals surface area contributed by atoms with Crippen LogP contribution in [-0.4, -0.2) is 12.6 Å². The molecule has 144 valence electrons. The number of hydrogen-bond acceptors (Lipinski definition) is 1.